The summed E-state index contributed by atoms with van der Waals surface area (Å²) in [5.41, 5.74) is 1.04. The normalized spacial score (nSPS) is 20.4. The highest BCUT2D eigenvalue weighted by Gasteiger charge is 2.24. The molecule has 1 aromatic carbocycles. The molecule has 1 atom stereocenters. The molecule has 1 amide bonds. The molecule has 104 valence electrons. The van der Waals surface area contributed by atoms with E-state index in [9.17, 15) is 4.79 Å². The SMILES string of the molecule is COc1ccc(CC(=O)N2CCN(C)C(C)C2)cc1. The fourth-order valence-corrected chi connectivity index (χ4v) is 2.30. The summed E-state index contributed by atoms with van der Waals surface area (Å²) in [6.45, 7) is 4.77. The minimum Gasteiger partial charge on any atom is -0.497 e. The molecule has 0 bridgehead atoms. The van der Waals surface area contributed by atoms with E-state index in [0.29, 0.717) is 12.5 Å². The number of carbonyl (C=O) groups is 1. The molecular weight excluding hydrogens is 240 g/mol. The van der Waals surface area contributed by atoms with Gasteiger partial charge in [-0.3, -0.25) is 4.79 Å². The first-order chi connectivity index (χ1) is 9.10. The van der Waals surface area contributed by atoms with E-state index in [4.69, 9.17) is 4.74 Å². The number of likely N-dealkylation sites (N-methyl/N-ethyl adjacent to an activating group) is 1. The van der Waals surface area contributed by atoms with Gasteiger partial charge in [-0.15, -0.1) is 0 Å². The van der Waals surface area contributed by atoms with Crippen LogP contribution in [0.15, 0.2) is 24.3 Å². The Bertz CT molecular complexity index is 430. The summed E-state index contributed by atoms with van der Waals surface area (Å²) >= 11 is 0. The molecule has 0 spiro atoms. The van der Waals surface area contributed by atoms with E-state index in [2.05, 4.69) is 18.9 Å². The lowest BCUT2D eigenvalue weighted by Gasteiger charge is -2.37. The minimum absolute atomic E-state index is 0.213. The van der Waals surface area contributed by atoms with E-state index in [1.165, 1.54) is 0 Å². The number of nitrogens with zero attached hydrogens (tertiary/aromatic N) is 2. The van der Waals surface area contributed by atoms with Crippen molar-refractivity contribution < 1.29 is 9.53 Å². The molecule has 2 rings (SSSR count). The van der Waals surface area contributed by atoms with Crippen molar-refractivity contribution in [1.82, 2.24) is 9.80 Å². The minimum atomic E-state index is 0.213. The van der Waals surface area contributed by atoms with Crippen LogP contribution in [0.5, 0.6) is 5.75 Å². The van der Waals surface area contributed by atoms with Crippen LogP contribution in [0, 0.1) is 0 Å². The number of piperazine rings is 1. The molecule has 1 unspecified atom stereocenters. The zero-order valence-corrected chi connectivity index (χ0v) is 11.9. The molecule has 4 heteroatoms. The van der Waals surface area contributed by atoms with Crippen molar-refractivity contribution in [1.29, 1.82) is 0 Å². The second kappa shape index (κ2) is 6.06. The van der Waals surface area contributed by atoms with Gasteiger partial charge in [0.1, 0.15) is 5.75 Å². The molecule has 1 aliphatic heterocycles. The number of hydrogen-bond acceptors (Lipinski definition) is 3. The third kappa shape index (κ3) is 3.47. The van der Waals surface area contributed by atoms with Gasteiger partial charge in [-0.2, -0.15) is 0 Å². The van der Waals surface area contributed by atoms with Crippen LogP contribution in [0.3, 0.4) is 0 Å². The molecule has 1 aliphatic rings. The van der Waals surface area contributed by atoms with Crippen LogP contribution in [-0.2, 0) is 11.2 Å². The van der Waals surface area contributed by atoms with Crippen molar-refractivity contribution in [3.63, 3.8) is 0 Å². The van der Waals surface area contributed by atoms with Crippen LogP contribution < -0.4 is 4.74 Å². The first-order valence-electron chi connectivity index (χ1n) is 6.71. The topological polar surface area (TPSA) is 32.8 Å². The molecule has 0 radical (unpaired) electrons. The zero-order valence-electron chi connectivity index (χ0n) is 11.9. The highest BCUT2D eigenvalue weighted by Crippen LogP contribution is 2.14. The summed E-state index contributed by atoms with van der Waals surface area (Å²) in [6.07, 6.45) is 0.473. The molecule has 1 saturated heterocycles. The Kier molecular flexibility index (Phi) is 4.43. The largest absolute Gasteiger partial charge is 0.497 e. The van der Waals surface area contributed by atoms with Crippen LogP contribution in [0.1, 0.15) is 12.5 Å². The average molecular weight is 262 g/mol. The second-order valence-corrected chi connectivity index (χ2v) is 5.19. The van der Waals surface area contributed by atoms with Gasteiger partial charge in [0.25, 0.3) is 0 Å². The highest BCUT2D eigenvalue weighted by atomic mass is 16.5. The van der Waals surface area contributed by atoms with Crippen molar-refractivity contribution >= 4 is 5.91 Å². The summed E-state index contributed by atoms with van der Waals surface area (Å²) in [5.74, 6) is 1.04. The molecule has 4 nitrogen and oxygen atoms in total. The van der Waals surface area contributed by atoms with E-state index in [-0.39, 0.29) is 5.91 Å². The monoisotopic (exact) mass is 262 g/mol. The summed E-state index contributed by atoms with van der Waals surface area (Å²) in [7, 11) is 3.75. The number of amides is 1. The summed E-state index contributed by atoms with van der Waals surface area (Å²) in [5, 5.41) is 0. The van der Waals surface area contributed by atoms with Crippen LogP contribution in [0.4, 0.5) is 0 Å². The maximum Gasteiger partial charge on any atom is 0.227 e. The third-order valence-electron chi connectivity index (χ3n) is 3.83. The smallest absolute Gasteiger partial charge is 0.227 e. The Labute approximate surface area is 115 Å². The maximum atomic E-state index is 12.3. The molecular formula is C15H22N2O2. The quantitative estimate of drug-likeness (QED) is 0.825. The summed E-state index contributed by atoms with van der Waals surface area (Å²) < 4.78 is 5.12. The van der Waals surface area contributed by atoms with Crippen LogP contribution in [0.2, 0.25) is 0 Å². The Hall–Kier alpha value is -1.55. The number of rotatable bonds is 3. The van der Waals surface area contributed by atoms with E-state index in [1.54, 1.807) is 7.11 Å². The number of carbonyl (C=O) groups excluding carboxylic acids is 1. The average Bonchev–Trinajstić information content (AvgIpc) is 2.42. The lowest BCUT2D eigenvalue weighted by molar-refractivity contribution is -0.133. The van der Waals surface area contributed by atoms with Crippen LogP contribution >= 0.6 is 0 Å². The standard InChI is InChI=1S/C15H22N2O2/c1-12-11-17(9-8-16(12)2)15(18)10-13-4-6-14(19-3)7-5-13/h4-7,12H,8-11H2,1-3H3. The summed E-state index contributed by atoms with van der Waals surface area (Å²) in [6, 6.07) is 8.14. The van der Waals surface area contributed by atoms with E-state index >= 15 is 0 Å². The van der Waals surface area contributed by atoms with Crippen molar-refractivity contribution in [3.05, 3.63) is 29.8 Å². The predicted octanol–water partition coefficient (Wildman–Crippen LogP) is 1.40. The van der Waals surface area contributed by atoms with Crippen LogP contribution in [-0.4, -0.2) is 55.5 Å². The first kappa shape index (κ1) is 13.9. The second-order valence-electron chi connectivity index (χ2n) is 5.19. The van der Waals surface area contributed by atoms with E-state index < -0.39 is 0 Å². The number of benzene rings is 1. The van der Waals surface area contributed by atoms with Crippen molar-refractivity contribution in [2.75, 3.05) is 33.8 Å². The Morgan fingerprint density at radius 3 is 2.58 bits per heavy atom. The molecule has 0 saturated carbocycles. The van der Waals surface area contributed by atoms with Gasteiger partial charge in [0.2, 0.25) is 5.91 Å². The van der Waals surface area contributed by atoms with Crippen molar-refractivity contribution in [2.24, 2.45) is 0 Å². The third-order valence-corrected chi connectivity index (χ3v) is 3.83. The van der Waals surface area contributed by atoms with Gasteiger partial charge in [-0.1, -0.05) is 12.1 Å². The van der Waals surface area contributed by atoms with E-state index in [1.807, 2.05) is 29.2 Å². The first-order valence-corrected chi connectivity index (χ1v) is 6.71. The van der Waals surface area contributed by atoms with E-state index in [0.717, 1.165) is 30.9 Å². The Morgan fingerprint density at radius 2 is 2.00 bits per heavy atom. The van der Waals surface area contributed by atoms with Gasteiger partial charge >= 0.3 is 0 Å². The number of ether oxygens (including phenoxy) is 1. The molecule has 1 heterocycles. The fourth-order valence-electron chi connectivity index (χ4n) is 2.30. The predicted molar refractivity (Wildman–Crippen MR) is 75.4 cm³/mol. The lowest BCUT2D eigenvalue weighted by atomic mass is 10.1. The maximum absolute atomic E-state index is 12.3. The zero-order chi connectivity index (χ0) is 13.8. The highest BCUT2D eigenvalue weighted by molar-refractivity contribution is 5.79. The van der Waals surface area contributed by atoms with Crippen molar-refractivity contribution in [3.8, 4) is 5.75 Å². The van der Waals surface area contributed by atoms with Gasteiger partial charge in [0.15, 0.2) is 0 Å². The molecule has 0 N–H and O–H groups in total. The van der Waals surface area contributed by atoms with Crippen LogP contribution in [0.25, 0.3) is 0 Å². The Balaban J connectivity index is 1.93. The summed E-state index contributed by atoms with van der Waals surface area (Å²) in [4.78, 5) is 16.5. The van der Waals surface area contributed by atoms with Gasteiger partial charge < -0.3 is 14.5 Å². The van der Waals surface area contributed by atoms with Gasteiger partial charge in [0, 0.05) is 25.7 Å². The van der Waals surface area contributed by atoms with Gasteiger partial charge in [-0.05, 0) is 31.7 Å². The Morgan fingerprint density at radius 1 is 1.32 bits per heavy atom. The number of methoxy groups -OCH3 is 1. The molecule has 19 heavy (non-hydrogen) atoms. The van der Waals surface area contributed by atoms with Gasteiger partial charge in [-0.25, -0.2) is 0 Å². The number of hydrogen-bond donors (Lipinski definition) is 0. The molecule has 1 fully saturated rings. The lowest BCUT2D eigenvalue weighted by Crippen LogP contribution is -2.52. The molecule has 1 aromatic rings. The molecule has 0 aliphatic carbocycles. The fraction of sp³-hybridized carbons (Fsp3) is 0.533. The van der Waals surface area contributed by atoms with Crippen molar-refractivity contribution in [2.45, 2.75) is 19.4 Å². The molecule has 0 aromatic heterocycles. The van der Waals surface area contributed by atoms with Gasteiger partial charge in [0.05, 0.1) is 13.5 Å².